The van der Waals surface area contributed by atoms with E-state index in [4.69, 9.17) is 20.9 Å². The van der Waals surface area contributed by atoms with Crippen molar-refractivity contribution in [1.82, 2.24) is 30.1 Å². The lowest BCUT2D eigenvalue weighted by Crippen LogP contribution is -2.46. The number of carbonyl (C=O) groups is 2. The van der Waals surface area contributed by atoms with Gasteiger partial charge in [0.05, 0.1) is 22.4 Å². The Bertz CT molecular complexity index is 1250. The zero-order valence-electron chi connectivity index (χ0n) is 21.7. The number of piperidine rings is 1. The molecule has 3 aromatic heterocycles. The second-order valence-electron chi connectivity index (χ2n) is 9.99. The molecule has 10 nitrogen and oxygen atoms in total. The molecule has 0 bridgehead atoms. The fraction of sp³-hybridized carbons (Fsp3) is 0.538. The Labute approximate surface area is 230 Å². The van der Waals surface area contributed by atoms with Crippen LogP contribution in [0, 0.1) is 0 Å². The lowest BCUT2D eigenvalue weighted by Gasteiger charge is -2.34. The van der Waals surface area contributed by atoms with Gasteiger partial charge in [-0.15, -0.1) is 11.3 Å². The molecule has 1 N–H and O–H groups in total. The fourth-order valence-corrected chi connectivity index (χ4v) is 5.85. The molecule has 0 saturated carbocycles. The maximum atomic E-state index is 13.5. The van der Waals surface area contributed by atoms with Crippen molar-refractivity contribution in [1.29, 1.82) is 0 Å². The number of amides is 2. The highest BCUT2D eigenvalue weighted by Gasteiger charge is 2.27. The van der Waals surface area contributed by atoms with Crippen LogP contribution >= 0.6 is 22.9 Å². The third-order valence-corrected chi connectivity index (χ3v) is 8.27. The minimum Gasteiger partial charge on any atom is -0.380 e. The second kappa shape index (κ2) is 12.0. The van der Waals surface area contributed by atoms with Gasteiger partial charge in [-0.25, -0.2) is 0 Å². The number of halogens is 1. The molecule has 3 aromatic rings. The summed E-state index contributed by atoms with van der Waals surface area (Å²) in [4.78, 5) is 31.8. The van der Waals surface area contributed by atoms with Gasteiger partial charge in [0.15, 0.2) is 11.5 Å². The van der Waals surface area contributed by atoms with Crippen molar-refractivity contribution < 1.29 is 18.8 Å². The summed E-state index contributed by atoms with van der Waals surface area (Å²) >= 11 is 7.46. The van der Waals surface area contributed by atoms with Crippen LogP contribution in [0.1, 0.15) is 59.8 Å². The minimum absolute atomic E-state index is 0.0836. The number of hydrogen-bond acceptors (Lipinski definition) is 8. The number of aromatic nitrogens is 3. The number of carbonyl (C=O) groups excluding carboxylic acids is 2. The molecule has 0 unspecified atom stereocenters. The van der Waals surface area contributed by atoms with Crippen LogP contribution in [0.5, 0.6) is 0 Å². The van der Waals surface area contributed by atoms with E-state index in [0.29, 0.717) is 53.8 Å². The number of likely N-dealkylation sites (tertiary alicyclic amines) is 1. The van der Waals surface area contributed by atoms with Gasteiger partial charge >= 0.3 is 0 Å². The Morgan fingerprint density at radius 2 is 1.97 bits per heavy atom. The molecule has 2 saturated heterocycles. The number of thiophene rings is 1. The predicted octanol–water partition coefficient (Wildman–Crippen LogP) is 3.77. The van der Waals surface area contributed by atoms with Crippen LogP contribution in [-0.2, 0) is 11.3 Å². The Morgan fingerprint density at radius 3 is 2.71 bits per heavy atom. The second-order valence-corrected chi connectivity index (χ2v) is 11.7. The standard InChI is InChI=1S/C26H33ClN6O4S/c1-17(2)31-9-6-18(7-10-31)28-25(34)20-15-21(26(35)32-8-3-12-36-13-11-32)33(29-20)16-19-14-22(37-30-19)23-4-5-24(27)38-23/h4-5,14-15,17-18H,3,6-13,16H2,1-2H3,(H,28,34). The highest BCUT2D eigenvalue weighted by Crippen LogP contribution is 2.31. The Balaban J connectivity index is 1.35. The van der Waals surface area contributed by atoms with Crippen molar-refractivity contribution >= 4 is 34.8 Å². The summed E-state index contributed by atoms with van der Waals surface area (Å²) in [5.74, 6) is 0.141. The molecule has 204 valence electrons. The zero-order valence-corrected chi connectivity index (χ0v) is 23.3. The van der Waals surface area contributed by atoms with Crippen LogP contribution < -0.4 is 5.32 Å². The number of ether oxygens (including phenoxy) is 1. The molecule has 0 atom stereocenters. The molecule has 2 fully saturated rings. The van der Waals surface area contributed by atoms with Gasteiger partial charge < -0.3 is 24.4 Å². The van der Waals surface area contributed by atoms with Crippen LogP contribution in [0.25, 0.3) is 10.6 Å². The van der Waals surface area contributed by atoms with Crippen LogP contribution in [-0.4, -0.2) is 88.0 Å². The van der Waals surface area contributed by atoms with Gasteiger partial charge in [0.2, 0.25) is 0 Å². The molecule has 0 aromatic carbocycles. The first kappa shape index (κ1) is 26.9. The number of rotatable bonds is 7. The first-order valence-electron chi connectivity index (χ1n) is 13.1. The molecule has 5 rings (SSSR count). The Hall–Kier alpha value is -2.73. The third-order valence-electron chi connectivity index (χ3n) is 7.02. The minimum atomic E-state index is -0.269. The summed E-state index contributed by atoms with van der Waals surface area (Å²) in [5, 5.41) is 11.9. The summed E-state index contributed by atoms with van der Waals surface area (Å²) in [6.45, 7) is 8.65. The molecular formula is C26H33ClN6O4S. The van der Waals surface area contributed by atoms with E-state index in [1.165, 1.54) is 11.3 Å². The van der Waals surface area contributed by atoms with E-state index in [1.807, 2.05) is 6.07 Å². The van der Waals surface area contributed by atoms with Crippen molar-refractivity contribution in [2.45, 2.75) is 51.7 Å². The van der Waals surface area contributed by atoms with Crippen LogP contribution in [0.2, 0.25) is 4.34 Å². The van der Waals surface area contributed by atoms with E-state index in [2.05, 4.69) is 34.3 Å². The summed E-state index contributed by atoms with van der Waals surface area (Å²) in [6.07, 6.45) is 2.54. The van der Waals surface area contributed by atoms with E-state index in [9.17, 15) is 9.59 Å². The van der Waals surface area contributed by atoms with E-state index in [1.54, 1.807) is 27.8 Å². The Morgan fingerprint density at radius 1 is 1.16 bits per heavy atom. The van der Waals surface area contributed by atoms with Gasteiger partial charge in [0.25, 0.3) is 11.8 Å². The predicted molar refractivity (Wildman–Crippen MR) is 145 cm³/mol. The van der Waals surface area contributed by atoms with Gasteiger partial charge in [-0.2, -0.15) is 5.10 Å². The molecular weight excluding hydrogens is 528 g/mol. The van der Waals surface area contributed by atoms with Gasteiger partial charge in [-0.3, -0.25) is 14.3 Å². The lowest BCUT2D eigenvalue weighted by molar-refractivity contribution is 0.0729. The summed E-state index contributed by atoms with van der Waals surface area (Å²) in [7, 11) is 0. The first-order chi connectivity index (χ1) is 18.4. The van der Waals surface area contributed by atoms with Gasteiger partial charge in [0.1, 0.15) is 11.4 Å². The van der Waals surface area contributed by atoms with Gasteiger partial charge in [-0.05, 0) is 45.2 Å². The van der Waals surface area contributed by atoms with Crippen molar-refractivity contribution in [3.05, 3.63) is 45.7 Å². The highest BCUT2D eigenvalue weighted by molar-refractivity contribution is 7.19. The maximum Gasteiger partial charge on any atom is 0.272 e. The summed E-state index contributed by atoms with van der Waals surface area (Å²) in [6, 6.07) is 7.65. The van der Waals surface area contributed by atoms with Crippen LogP contribution in [0.3, 0.4) is 0 Å². The lowest BCUT2D eigenvalue weighted by atomic mass is 10.0. The SMILES string of the molecule is CC(C)N1CCC(NC(=O)c2cc(C(=O)N3CCCOCC3)n(Cc3cc(-c4ccc(Cl)s4)on3)n2)CC1. The van der Waals surface area contributed by atoms with Crippen molar-refractivity contribution in [3.63, 3.8) is 0 Å². The average Bonchev–Trinajstić information content (AvgIpc) is 3.60. The summed E-state index contributed by atoms with van der Waals surface area (Å²) < 4.78 is 13.2. The highest BCUT2D eigenvalue weighted by atomic mass is 35.5. The van der Waals surface area contributed by atoms with E-state index >= 15 is 0 Å². The molecule has 38 heavy (non-hydrogen) atoms. The maximum absolute atomic E-state index is 13.5. The molecule has 5 heterocycles. The molecule has 0 aliphatic carbocycles. The molecule has 0 radical (unpaired) electrons. The average molecular weight is 561 g/mol. The molecule has 12 heteroatoms. The molecule has 2 aliphatic heterocycles. The fourth-order valence-electron chi connectivity index (χ4n) is 4.85. The third kappa shape index (κ3) is 6.28. The van der Waals surface area contributed by atoms with Gasteiger partial charge in [-0.1, -0.05) is 16.8 Å². The van der Waals surface area contributed by atoms with Crippen LogP contribution in [0.4, 0.5) is 0 Å². The normalized spacial score (nSPS) is 17.6. The number of nitrogens with zero attached hydrogens (tertiary/aromatic N) is 5. The summed E-state index contributed by atoms with van der Waals surface area (Å²) in [5.41, 5.74) is 1.16. The topological polar surface area (TPSA) is 106 Å². The molecule has 2 amide bonds. The quantitative estimate of drug-likeness (QED) is 0.469. The van der Waals surface area contributed by atoms with Crippen LogP contribution in [0.15, 0.2) is 28.8 Å². The Kier molecular flexibility index (Phi) is 8.47. The smallest absolute Gasteiger partial charge is 0.272 e. The van der Waals surface area contributed by atoms with Crippen molar-refractivity contribution in [2.75, 3.05) is 39.4 Å². The largest absolute Gasteiger partial charge is 0.380 e. The number of nitrogens with one attached hydrogen (secondary N) is 1. The zero-order chi connectivity index (χ0) is 26.6. The molecule has 0 spiro atoms. The van der Waals surface area contributed by atoms with Crippen molar-refractivity contribution in [2.24, 2.45) is 0 Å². The van der Waals surface area contributed by atoms with E-state index < -0.39 is 0 Å². The molecule has 2 aliphatic rings. The van der Waals surface area contributed by atoms with E-state index in [0.717, 1.165) is 37.2 Å². The number of hydrogen-bond donors (Lipinski definition) is 1. The monoisotopic (exact) mass is 560 g/mol. The first-order valence-corrected chi connectivity index (χ1v) is 14.3. The van der Waals surface area contributed by atoms with Crippen molar-refractivity contribution in [3.8, 4) is 10.6 Å². The van der Waals surface area contributed by atoms with Gasteiger partial charge in [0, 0.05) is 57.0 Å². The van der Waals surface area contributed by atoms with E-state index in [-0.39, 0.29) is 30.1 Å².